The third-order valence-electron chi connectivity index (χ3n) is 19.1. The minimum Gasteiger partial charge on any atom is -0.506 e. The van der Waals surface area contributed by atoms with Crippen LogP contribution in [0, 0.1) is 27.7 Å². The van der Waals surface area contributed by atoms with Crippen molar-refractivity contribution in [1.29, 1.82) is 0 Å². The van der Waals surface area contributed by atoms with Crippen LogP contribution in [0.25, 0.3) is 44.1 Å². The van der Waals surface area contributed by atoms with E-state index >= 15 is 0 Å². The molecule has 2 aliphatic heterocycles. The zero-order chi connectivity index (χ0) is 86.0. The van der Waals surface area contributed by atoms with Gasteiger partial charge in [0.1, 0.15) is 57.5 Å². The average Bonchev–Trinajstić information content (AvgIpc) is 0.752. The number of carbonyl (C=O) groups excluding carboxylic acids is 3. The van der Waals surface area contributed by atoms with E-state index in [1.54, 1.807) is 57.2 Å². The zero-order valence-electron chi connectivity index (χ0n) is 66.9. The average molecular weight is 1670 g/mol. The highest BCUT2D eigenvalue weighted by Crippen LogP contribution is 2.36. The highest BCUT2D eigenvalue weighted by molar-refractivity contribution is 7.88. The van der Waals surface area contributed by atoms with Gasteiger partial charge in [0.25, 0.3) is 5.56 Å². The number of fused-ring (bicyclic) bond motifs is 4. The van der Waals surface area contributed by atoms with E-state index in [1.807, 2.05) is 105 Å². The number of hydrogen-bond acceptors (Lipinski definition) is 30. The number of pyridine rings is 4. The number of alkyl halides is 3. The number of likely N-dealkylation sites (tertiary alicyclic amines) is 2. The fraction of sp³-hybridized carbons (Fsp3) is 0.329. The number of hydrogen-bond donors (Lipinski definition) is 3. The van der Waals surface area contributed by atoms with E-state index in [9.17, 15) is 60.3 Å². The molecule has 0 radical (unpaired) electrons. The van der Waals surface area contributed by atoms with Crippen LogP contribution in [0.2, 0.25) is 0 Å². The summed E-state index contributed by atoms with van der Waals surface area (Å²) < 4.78 is 85.5. The van der Waals surface area contributed by atoms with Gasteiger partial charge in [-0.15, -0.1) is 18.9 Å². The van der Waals surface area contributed by atoms with E-state index in [4.69, 9.17) is 33.6 Å². The van der Waals surface area contributed by atoms with Crippen molar-refractivity contribution in [1.82, 2.24) is 68.6 Å². The Balaban J connectivity index is 0.000000157. The number of aromatic nitrogens is 12. The predicted octanol–water partition coefficient (Wildman–Crippen LogP) is 8.39. The van der Waals surface area contributed by atoms with Crippen LogP contribution in [0.1, 0.15) is 123 Å². The molecular formula is C82H87F3N16O18S. The Hall–Kier alpha value is -13.5. The number of nitrogens with one attached hydrogen (secondary N) is 2. The van der Waals surface area contributed by atoms with Crippen LogP contribution in [0.5, 0.6) is 11.5 Å². The molecule has 0 saturated carbocycles. The zero-order valence-corrected chi connectivity index (χ0v) is 67.7. The van der Waals surface area contributed by atoms with Crippen molar-refractivity contribution < 1.29 is 78.8 Å². The maximum absolute atomic E-state index is 13.6. The maximum atomic E-state index is 13.6. The molecule has 14 rings (SSSR count). The van der Waals surface area contributed by atoms with Crippen molar-refractivity contribution >= 4 is 83.5 Å². The smallest absolute Gasteiger partial charge is 0.506 e. The highest BCUT2D eigenvalue weighted by Gasteiger charge is 2.50. The first-order valence-corrected chi connectivity index (χ1v) is 39.4. The summed E-state index contributed by atoms with van der Waals surface area (Å²) >= 11 is 0. The van der Waals surface area contributed by atoms with Crippen molar-refractivity contribution in [2.45, 2.75) is 118 Å². The number of aromatic hydroxyl groups is 1. The summed E-state index contributed by atoms with van der Waals surface area (Å²) in [5.74, 6) is -4.76. The third kappa shape index (κ3) is 20.5. The Morgan fingerprint density at radius 1 is 0.450 bits per heavy atom. The van der Waals surface area contributed by atoms with Crippen LogP contribution in [0.15, 0.2) is 172 Å². The molecule has 10 heterocycles. The van der Waals surface area contributed by atoms with Crippen LogP contribution in [0.4, 0.5) is 24.5 Å². The Kier molecular flexibility index (Phi) is 28.9. The second kappa shape index (κ2) is 39.6. The molecule has 630 valence electrons. The largest absolute Gasteiger partial charge is 0.534 e. The lowest BCUT2D eigenvalue weighted by atomic mass is 10.0. The fourth-order valence-electron chi connectivity index (χ4n) is 13.0. The summed E-state index contributed by atoms with van der Waals surface area (Å²) in [5.41, 5.74) is -3.84. The lowest BCUT2D eigenvalue weighted by Gasteiger charge is -2.31. The lowest BCUT2D eigenvalue weighted by Crippen LogP contribution is -2.39. The monoisotopic (exact) mass is 1670 g/mol. The minimum atomic E-state index is -6.27. The predicted molar refractivity (Wildman–Crippen MR) is 434 cm³/mol. The molecule has 0 bridgehead atoms. The van der Waals surface area contributed by atoms with E-state index in [2.05, 4.69) is 78.6 Å². The Labute approximate surface area is 684 Å². The SMILES string of the molecule is CCOC(=O)c1c(NC2CCN(C)CC2)c2c(C)ncnc2n(OCc2ccccc2)c1=O.CCOC(=O)c1c(O)c2c(C)ncnc2n(OCc2ccccc2)c1=O.CCOC(=O)c1c(OS(=O)(=O)C(F)(F)F)c2c(C)ncnc2n(OCc2ccccc2)c1=O.Cc1ncnc2c1c(NC1CCN(C)CC1)cc(=O)n2OCc1ccccc1. The second-order valence-electron chi connectivity index (χ2n) is 27.4. The molecule has 2 fully saturated rings. The number of aryl methyl sites for hydroxylation is 4. The standard InChI is InChI=1S/C24H29N5O4.C21H25N5O2.C19H16F3N3O7S.C18H17N3O5/c1-4-32-24(31)20-21(27-18-10-12-28(3)13-11-18)19-16(2)25-15-26-22(19)29(23(20)30)33-14-17-8-6-5-7-9-17;1-15-20-18(24-17-8-10-25(2)11-9-17)12-19(27)26(21(20)23-14-22-15)28-13-16-6-4-3-5-7-16;1-3-30-18(27)14-15(32-33(28,29)19(20,21)22)13-11(2)23-10-24-16(13)25(17(14)26)31-9-12-7-5-4-6-8-12;1-3-25-18(24)14-15(22)13-11(2)19-10-20-16(13)21(17(14)23)26-9-12-7-5-4-6-8-12/h5-9,15,18,27H,4,10-14H2,1-3H3;3-7,12,14,17,24H,8-11,13H2,1-2H3;4-8,10H,3,9H2,1-2H3;4-8,10,22H,3,9H2,1-2H3. The summed E-state index contributed by atoms with van der Waals surface area (Å²) in [6.45, 7) is 15.6. The Morgan fingerprint density at radius 3 is 1.18 bits per heavy atom. The minimum absolute atomic E-state index is 0.0604. The van der Waals surface area contributed by atoms with Gasteiger partial charge in [-0.25, -0.2) is 54.3 Å². The number of carbonyl (C=O) groups is 3. The van der Waals surface area contributed by atoms with Crippen LogP contribution < -0.4 is 56.4 Å². The molecule has 8 aromatic heterocycles. The van der Waals surface area contributed by atoms with Gasteiger partial charge in [-0.2, -0.15) is 21.6 Å². The molecule has 0 spiro atoms. The molecular weight excluding hydrogens is 1590 g/mol. The topological polar surface area (TPSA) is 401 Å². The molecule has 4 aromatic carbocycles. The molecule has 12 aromatic rings. The van der Waals surface area contributed by atoms with Gasteiger partial charge in [0.05, 0.1) is 75.5 Å². The molecule has 0 aliphatic carbocycles. The quantitative estimate of drug-likeness (QED) is 0.0221. The van der Waals surface area contributed by atoms with E-state index in [-0.39, 0.29) is 73.5 Å². The van der Waals surface area contributed by atoms with E-state index < -0.39 is 83.9 Å². The highest BCUT2D eigenvalue weighted by atomic mass is 32.2. The van der Waals surface area contributed by atoms with E-state index in [1.165, 1.54) is 37.6 Å². The van der Waals surface area contributed by atoms with E-state index in [0.29, 0.717) is 56.7 Å². The number of nitrogens with zero attached hydrogens (tertiary/aromatic N) is 14. The number of benzene rings is 4. The van der Waals surface area contributed by atoms with Gasteiger partial charge < -0.3 is 63.3 Å². The van der Waals surface area contributed by atoms with Gasteiger partial charge in [-0.05, 0) is 137 Å². The number of esters is 3. The third-order valence-corrected chi connectivity index (χ3v) is 20.0. The number of rotatable bonds is 24. The summed E-state index contributed by atoms with van der Waals surface area (Å²) in [5, 5.41) is 18.6. The molecule has 38 heteroatoms. The first kappa shape index (κ1) is 87.3. The molecule has 34 nitrogen and oxygen atoms in total. The van der Waals surface area contributed by atoms with Gasteiger partial charge in [-0.3, -0.25) is 19.2 Å². The van der Waals surface area contributed by atoms with Gasteiger partial charge in [0, 0.05) is 18.2 Å². The number of piperidine rings is 2. The summed E-state index contributed by atoms with van der Waals surface area (Å²) in [4.78, 5) is 150. The second-order valence-corrected chi connectivity index (χ2v) is 29.0. The fourth-order valence-corrected chi connectivity index (χ4v) is 13.5. The van der Waals surface area contributed by atoms with Gasteiger partial charge in [0.2, 0.25) is 0 Å². The van der Waals surface area contributed by atoms with Gasteiger partial charge >= 0.3 is 50.2 Å². The Bertz CT molecular complexity index is 6040. The van der Waals surface area contributed by atoms with Crippen LogP contribution in [-0.4, -0.2) is 178 Å². The van der Waals surface area contributed by atoms with Crippen LogP contribution in [-0.2, 0) is 50.8 Å². The normalized spacial score (nSPS) is 13.3. The molecule has 2 saturated heterocycles. The number of halogens is 3. The van der Waals surface area contributed by atoms with Crippen molar-refractivity contribution in [3.05, 3.63) is 256 Å². The number of anilines is 2. The van der Waals surface area contributed by atoms with E-state index in [0.717, 1.165) is 101 Å². The molecule has 0 amide bonds. The summed E-state index contributed by atoms with van der Waals surface area (Å²) in [6, 6.07) is 39.0. The lowest BCUT2D eigenvalue weighted by molar-refractivity contribution is -0.0500. The molecule has 2 aliphatic rings. The first-order chi connectivity index (χ1) is 57.6. The first-order valence-electron chi connectivity index (χ1n) is 38.0. The van der Waals surface area contributed by atoms with Crippen molar-refractivity contribution in [3.8, 4) is 11.5 Å². The summed E-state index contributed by atoms with van der Waals surface area (Å²) in [6.07, 6.45) is 8.95. The van der Waals surface area contributed by atoms with Crippen LogP contribution in [0.3, 0.4) is 0 Å². The van der Waals surface area contributed by atoms with Gasteiger partial charge in [-0.1, -0.05) is 121 Å². The van der Waals surface area contributed by atoms with Crippen molar-refractivity contribution in [2.24, 2.45) is 0 Å². The number of ether oxygens (including phenoxy) is 3. The Morgan fingerprint density at radius 2 is 0.775 bits per heavy atom. The maximum Gasteiger partial charge on any atom is 0.534 e. The van der Waals surface area contributed by atoms with Gasteiger partial charge in [0.15, 0.2) is 45.0 Å². The molecule has 0 atom stereocenters. The molecule has 120 heavy (non-hydrogen) atoms. The van der Waals surface area contributed by atoms with Crippen molar-refractivity contribution in [3.63, 3.8) is 0 Å². The van der Waals surface area contributed by atoms with Crippen molar-refractivity contribution in [2.75, 3.05) is 70.7 Å². The molecule has 3 N–H and O–H groups in total. The summed E-state index contributed by atoms with van der Waals surface area (Å²) in [7, 11) is -2.05. The molecule has 0 unspecified atom stereocenters. The van der Waals surface area contributed by atoms with Crippen LogP contribution >= 0.6 is 0 Å².